The zero-order chi connectivity index (χ0) is 14.6. The molecule has 1 saturated carbocycles. The van der Waals surface area contributed by atoms with E-state index in [2.05, 4.69) is 29.2 Å². The molecule has 0 aromatic carbocycles. The maximum absolute atomic E-state index is 5.93. The summed E-state index contributed by atoms with van der Waals surface area (Å²) in [5.74, 6) is 0.996. The second-order valence-corrected chi connectivity index (χ2v) is 5.73. The third-order valence-electron chi connectivity index (χ3n) is 3.93. The SMILES string of the molecule is CCCCN(C)C(=NC)NCCCOC1CCCCC1.I. The molecule has 0 amide bonds. The molecule has 0 spiro atoms. The fourth-order valence-corrected chi connectivity index (χ4v) is 2.64. The van der Waals surface area contributed by atoms with Gasteiger partial charge in [-0.15, -0.1) is 24.0 Å². The summed E-state index contributed by atoms with van der Waals surface area (Å²) in [5.41, 5.74) is 0. The zero-order valence-corrected chi connectivity index (χ0v) is 16.4. The van der Waals surface area contributed by atoms with E-state index in [1.54, 1.807) is 0 Å². The average molecular weight is 411 g/mol. The highest BCUT2D eigenvalue weighted by Crippen LogP contribution is 2.20. The van der Waals surface area contributed by atoms with Gasteiger partial charge in [-0.3, -0.25) is 4.99 Å². The summed E-state index contributed by atoms with van der Waals surface area (Å²) in [7, 11) is 3.95. The molecule has 21 heavy (non-hydrogen) atoms. The second-order valence-electron chi connectivity index (χ2n) is 5.73. The minimum Gasteiger partial charge on any atom is -0.378 e. The first-order valence-corrected chi connectivity index (χ1v) is 8.31. The van der Waals surface area contributed by atoms with Crippen LogP contribution in [-0.4, -0.2) is 50.8 Å². The number of hydrogen-bond donors (Lipinski definition) is 1. The second kappa shape index (κ2) is 13.6. The molecule has 5 heteroatoms. The molecule has 0 heterocycles. The van der Waals surface area contributed by atoms with Crippen molar-refractivity contribution in [3.05, 3.63) is 0 Å². The van der Waals surface area contributed by atoms with Crippen LogP contribution in [0.3, 0.4) is 0 Å². The van der Waals surface area contributed by atoms with Gasteiger partial charge >= 0.3 is 0 Å². The maximum atomic E-state index is 5.93. The number of nitrogens with one attached hydrogen (secondary N) is 1. The maximum Gasteiger partial charge on any atom is 0.193 e. The minimum atomic E-state index is 0. The van der Waals surface area contributed by atoms with Gasteiger partial charge in [0.15, 0.2) is 5.96 Å². The Labute approximate surface area is 148 Å². The van der Waals surface area contributed by atoms with Crippen LogP contribution in [0.2, 0.25) is 0 Å². The number of halogens is 1. The topological polar surface area (TPSA) is 36.9 Å². The summed E-state index contributed by atoms with van der Waals surface area (Å²) >= 11 is 0. The van der Waals surface area contributed by atoms with Crippen molar-refractivity contribution in [1.29, 1.82) is 0 Å². The Kier molecular flexibility index (Phi) is 13.6. The van der Waals surface area contributed by atoms with E-state index >= 15 is 0 Å². The highest BCUT2D eigenvalue weighted by Gasteiger charge is 2.13. The summed E-state index contributed by atoms with van der Waals surface area (Å²) in [5, 5.41) is 3.41. The van der Waals surface area contributed by atoms with Crippen molar-refractivity contribution in [3.63, 3.8) is 0 Å². The van der Waals surface area contributed by atoms with Crippen LogP contribution < -0.4 is 5.32 Å². The molecule has 1 fully saturated rings. The van der Waals surface area contributed by atoms with E-state index in [1.165, 1.54) is 44.9 Å². The number of unbranched alkanes of at least 4 members (excludes halogenated alkanes) is 1. The van der Waals surface area contributed by atoms with E-state index in [-0.39, 0.29) is 24.0 Å². The van der Waals surface area contributed by atoms with Crippen molar-refractivity contribution in [3.8, 4) is 0 Å². The number of nitrogens with zero attached hydrogens (tertiary/aromatic N) is 2. The molecule has 0 bridgehead atoms. The largest absolute Gasteiger partial charge is 0.378 e. The summed E-state index contributed by atoms with van der Waals surface area (Å²) < 4.78 is 5.93. The number of ether oxygens (including phenoxy) is 1. The van der Waals surface area contributed by atoms with Gasteiger partial charge in [0.25, 0.3) is 0 Å². The molecule has 126 valence electrons. The average Bonchev–Trinajstić information content (AvgIpc) is 2.49. The lowest BCUT2D eigenvalue weighted by atomic mass is 9.98. The summed E-state index contributed by atoms with van der Waals surface area (Å²) in [4.78, 5) is 6.52. The van der Waals surface area contributed by atoms with Crippen molar-refractivity contribution in [2.45, 2.75) is 64.4 Å². The summed E-state index contributed by atoms with van der Waals surface area (Å²) in [6, 6.07) is 0. The van der Waals surface area contributed by atoms with Crippen LogP contribution in [0.15, 0.2) is 4.99 Å². The summed E-state index contributed by atoms with van der Waals surface area (Å²) in [6.45, 7) is 5.09. The molecule has 1 rings (SSSR count). The third kappa shape index (κ3) is 9.55. The lowest BCUT2D eigenvalue weighted by Crippen LogP contribution is -2.40. The lowest BCUT2D eigenvalue weighted by molar-refractivity contribution is 0.0276. The third-order valence-corrected chi connectivity index (χ3v) is 3.93. The van der Waals surface area contributed by atoms with E-state index in [0.717, 1.165) is 32.1 Å². The van der Waals surface area contributed by atoms with E-state index in [1.807, 2.05) is 7.05 Å². The lowest BCUT2D eigenvalue weighted by Gasteiger charge is -2.23. The fourth-order valence-electron chi connectivity index (χ4n) is 2.64. The highest BCUT2D eigenvalue weighted by molar-refractivity contribution is 14.0. The van der Waals surface area contributed by atoms with Gasteiger partial charge in [-0.2, -0.15) is 0 Å². The number of hydrogen-bond acceptors (Lipinski definition) is 2. The molecule has 0 radical (unpaired) electrons. The molecule has 0 aliphatic heterocycles. The van der Waals surface area contributed by atoms with Gasteiger partial charge in [-0.1, -0.05) is 32.6 Å². The van der Waals surface area contributed by atoms with E-state index in [4.69, 9.17) is 4.74 Å². The van der Waals surface area contributed by atoms with Crippen LogP contribution in [0, 0.1) is 0 Å². The molecule has 0 unspecified atom stereocenters. The van der Waals surface area contributed by atoms with Crippen molar-refractivity contribution in [2.75, 3.05) is 33.8 Å². The Morgan fingerprint density at radius 2 is 1.95 bits per heavy atom. The van der Waals surface area contributed by atoms with E-state index in [0.29, 0.717) is 6.10 Å². The Hall–Kier alpha value is -0.0400. The molecule has 0 aromatic rings. The Balaban J connectivity index is 0.00000400. The zero-order valence-electron chi connectivity index (χ0n) is 14.1. The molecule has 1 N–H and O–H groups in total. The van der Waals surface area contributed by atoms with Crippen molar-refractivity contribution < 1.29 is 4.74 Å². The van der Waals surface area contributed by atoms with Gasteiger partial charge in [-0.05, 0) is 25.7 Å². The first kappa shape index (κ1) is 21.0. The molecule has 0 aromatic heterocycles. The normalized spacial score (nSPS) is 16.4. The Morgan fingerprint density at radius 3 is 2.57 bits per heavy atom. The first-order chi connectivity index (χ1) is 9.77. The number of rotatable bonds is 8. The summed E-state index contributed by atoms with van der Waals surface area (Å²) in [6.07, 6.45) is 10.6. The Bertz CT molecular complexity index is 268. The number of aliphatic imine (C=N–C) groups is 1. The van der Waals surface area contributed by atoms with Crippen LogP contribution >= 0.6 is 24.0 Å². The molecule has 1 aliphatic carbocycles. The Morgan fingerprint density at radius 1 is 1.24 bits per heavy atom. The van der Waals surface area contributed by atoms with Gasteiger partial charge in [0.2, 0.25) is 0 Å². The van der Waals surface area contributed by atoms with Gasteiger partial charge < -0.3 is 15.0 Å². The predicted molar refractivity (Wildman–Crippen MR) is 102 cm³/mol. The van der Waals surface area contributed by atoms with Crippen molar-refractivity contribution in [1.82, 2.24) is 10.2 Å². The van der Waals surface area contributed by atoms with Gasteiger partial charge in [0.05, 0.1) is 6.10 Å². The molecule has 0 atom stereocenters. The molecule has 0 saturated heterocycles. The standard InChI is InChI=1S/C16H33N3O.HI/c1-4-5-13-19(3)16(17-2)18-12-9-14-20-15-10-7-6-8-11-15;/h15H,4-14H2,1-3H3,(H,17,18);1H. The van der Waals surface area contributed by atoms with Crippen LogP contribution in [0.5, 0.6) is 0 Å². The minimum absolute atomic E-state index is 0. The van der Waals surface area contributed by atoms with E-state index in [9.17, 15) is 0 Å². The molecule has 4 nitrogen and oxygen atoms in total. The quantitative estimate of drug-likeness (QED) is 0.287. The van der Waals surface area contributed by atoms with Crippen LogP contribution in [0.25, 0.3) is 0 Å². The van der Waals surface area contributed by atoms with Crippen molar-refractivity contribution in [2.24, 2.45) is 4.99 Å². The monoisotopic (exact) mass is 411 g/mol. The van der Waals surface area contributed by atoms with Crippen LogP contribution in [-0.2, 0) is 4.74 Å². The predicted octanol–water partition coefficient (Wildman–Crippen LogP) is 3.65. The molecular formula is C16H34IN3O. The first-order valence-electron chi connectivity index (χ1n) is 8.31. The van der Waals surface area contributed by atoms with Gasteiger partial charge in [0.1, 0.15) is 0 Å². The van der Waals surface area contributed by atoms with Gasteiger partial charge in [0, 0.05) is 33.8 Å². The number of guanidine groups is 1. The smallest absolute Gasteiger partial charge is 0.193 e. The van der Waals surface area contributed by atoms with E-state index < -0.39 is 0 Å². The van der Waals surface area contributed by atoms with Crippen molar-refractivity contribution >= 4 is 29.9 Å². The molecule has 1 aliphatic rings. The highest BCUT2D eigenvalue weighted by atomic mass is 127. The fraction of sp³-hybridized carbons (Fsp3) is 0.938. The van der Waals surface area contributed by atoms with Crippen LogP contribution in [0.1, 0.15) is 58.3 Å². The molecular weight excluding hydrogens is 377 g/mol. The van der Waals surface area contributed by atoms with Crippen LogP contribution in [0.4, 0.5) is 0 Å². The van der Waals surface area contributed by atoms with Gasteiger partial charge in [-0.25, -0.2) is 0 Å².